The summed E-state index contributed by atoms with van der Waals surface area (Å²) < 4.78 is 16.5. The Bertz CT molecular complexity index is 892. The number of hydrogen-bond donors (Lipinski definition) is 3. The largest absolute Gasteiger partial charge is 0.492 e. The number of benzene rings is 2. The number of nitrogens with zero attached hydrogens (tertiary/aromatic N) is 1. The molecule has 0 spiro atoms. The van der Waals surface area contributed by atoms with Crippen LogP contribution in [-0.4, -0.2) is 44.9 Å². The number of ether oxygens (including phenoxy) is 3. The molecule has 0 unspecified atom stereocenters. The molecule has 1 aliphatic rings. The quantitative estimate of drug-likeness (QED) is 0.196. The van der Waals surface area contributed by atoms with Gasteiger partial charge >= 0.3 is 0 Å². The molecule has 31 heavy (non-hydrogen) atoms. The third-order valence-corrected chi connectivity index (χ3v) is 4.27. The average Bonchev–Trinajstić information content (AvgIpc) is 3.19. The molecule has 2 aromatic carbocycles. The fourth-order valence-electron chi connectivity index (χ4n) is 2.94. The van der Waals surface area contributed by atoms with Gasteiger partial charge in [0.1, 0.15) is 12.4 Å². The number of hydrogen-bond acceptors (Lipinski definition) is 5. The number of halogens is 1. The molecule has 9 heteroatoms. The van der Waals surface area contributed by atoms with E-state index in [-0.39, 0.29) is 36.7 Å². The van der Waals surface area contributed by atoms with Gasteiger partial charge in [0.05, 0.1) is 6.54 Å². The van der Waals surface area contributed by atoms with Gasteiger partial charge in [-0.05, 0) is 43.2 Å². The van der Waals surface area contributed by atoms with E-state index in [1.54, 1.807) is 6.07 Å². The van der Waals surface area contributed by atoms with Crippen LogP contribution in [0.4, 0.5) is 5.69 Å². The summed E-state index contributed by atoms with van der Waals surface area (Å²) in [6, 6.07) is 13.3. The monoisotopic (exact) mass is 540 g/mol. The molecule has 0 atom stereocenters. The van der Waals surface area contributed by atoms with Crippen LogP contribution in [0.1, 0.15) is 19.4 Å². The van der Waals surface area contributed by atoms with Crippen molar-refractivity contribution in [3.63, 3.8) is 0 Å². The molecule has 3 rings (SSSR count). The highest BCUT2D eigenvalue weighted by molar-refractivity contribution is 14.0. The second kappa shape index (κ2) is 12.9. The number of anilines is 1. The van der Waals surface area contributed by atoms with Gasteiger partial charge in [0.2, 0.25) is 12.7 Å². The Morgan fingerprint density at radius 3 is 2.77 bits per heavy atom. The number of fused-ring (bicyclic) bond motifs is 1. The van der Waals surface area contributed by atoms with Gasteiger partial charge in [-0.1, -0.05) is 12.1 Å². The lowest BCUT2D eigenvalue weighted by Crippen LogP contribution is -2.39. The second-order valence-electron chi connectivity index (χ2n) is 6.68. The summed E-state index contributed by atoms with van der Waals surface area (Å²) in [7, 11) is 0. The molecule has 0 bridgehead atoms. The maximum absolute atomic E-state index is 11.2. The van der Waals surface area contributed by atoms with Gasteiger partial charge in [-0.15, -0.1) is 24.0 Å². The number of carbonyl (C=O) groups is 1. The van der Waals surface area contributed by atoms with Crippen molar-refractivity contribution in [2.45, 2.75) is 20.3 Å². The fourth-order valence-corrected chi connectivity index (χ4v) is 2.94. The van der Waals surface area contributed by atoms with E-state index in [9.17, 15) is 4.79 Å². The van der Waals surface area contributed by atoms with E-state index in [0.29, 0.717) is 31.1 Å². The van der Waals surface area contributed by atoms with Crippen LogP contribution in [0, 0.1) is 0 Å². The van der Waals surface area contributed by atoms with Crippen LogP contribution < -0.4 is 30.2 Å². The Kier molecular flexibility index (Phi) is 10.2. The van der Waals surface area contributed by atoms with Gasteiger partial charge in [0.25, 0.3) is 0 Å². The molecule has 0 radical (unpaired) electrons. The van der Waals surface area contributed by atoms with Gasteiger partial charge in [-0.2, -0.15) is 0 Å². The predicted molar refractivity (Wildman–Crippen MR) is 132 cm³/mol. The Hall–Kier alpha value is -2.69. The lowest BCUT2D eigenvalue weighted by Gasteiger charge is -2.12. The van der Waals surface area contributed by atoms with Crippen LogP contribution in [0.2, 0.25) is 0 Å². The molecule has 1 aliphatic heterocycles. The minimum Gasteiger partial charge on any atom is -0.492 e. The normalized spacial score (nSPS) is 12.0. The summed E-state index contributed by atoms with van der Waals surface area (Å²) in [6.07, 6.45) is 0.805. The number of rotatable bonds is 9. The molecular weight excluding hydrogens is 511 g/mol. The molecule has 8 nitrogen and oxygen atoms in total. The summed E-state index contributed by atoms with van der Waals surface area (Å²) in [5.74, 6) is 2.92. The maximum Gasteiger partial charge on any atom is 0.231 e. The highest BCUT2D eigenvalue weighted by atomic mass is 127. The maximum atomic E-state index is 11.2. The number of guanidine groups is 1. The highest BCUT2D eigenvalue weighted by Crippen LogP contribution is 2.32. The summed E-state index contributed by atoms with van der Waals surface area (Å²) >= 11 is 0. The minimum absolute atomic E-state index is 0. The summed E-state index contributed by atoms with van der Waals surface area (Å²) in [6.45, 7) is 6.27. The van der Waals surface area contributed by atoms with Gasteiger partial charge in [0, 0.05) is 31.8 Å². The second-order valence-corrected chi connectivity index (χ2v) is 6.68. The molecular formula is C22H29IN4O4. The first kappa shape index (κ1) is 24.6. The molecule has 2 aromatic rings. The molecule has 0 aliphatic carbocycles. The standard InChI is InChI=1S/C22H28N4O4.HI/c1-3-23-22(24-10-9-17-7-8-20-21(13-17)30-15-29-20)25-11-12-28-19-6-4-5-18(14-19)26-16(2)27;/h4-8,13-14H,3,9-12,15H2,1-2H3,(H,26,27)(H2,23,24,25);1H. The number of aliphatic imine (C=N–C) groups is 1. The summed E-state index contributed by atoms with van der Waals surface area (Å²) in [5.41, 5.74) is 1.87. The lowest BCUT2D eigenvalue weighted by molar-refractivity contribution is -0.114. The number of carbonyl (C=O) groups excluding carboxylic acids is 1. The Morgan fingerprint density at radius 1 is 1.13 bits per heavy atom. The van der Waals surface area contributed by atoms with Crippen molar-refractivity contribution in [3.05, 3.63) is 48.0 Å². The van der Waals surface area contributed by atoms with Crippen molar-refractivity contribution in [1.82, 2.24) is 10.6 Å². The molecule has 0 aromatic heterocycles. The van der Waals surface area contributed by atoms with E-state index in [2.05, 4.69) is 20.9 Å². The van der Waals surface area contributed by atoms with Gasteiger partial charge < -0.3 is 30.2 Å². The lowest BCUT2D eigenvalue weighted by atomic mass is 10.1. The molecule has 3 N–H and O–H groups in total. The Labute approximate surface area is 199 Å². The molecule has 1 amide bonds. The van der Waals surface area contributed by atoms with Crippen LogP contribution in [0.5, 0.6) is 17.2 Å². The van der Waals surface area contributed by atoms with Crippen molar-refractivity contribution < 1.29 is 19.0 Å². The first-order chi connectivity index (χ1) is 14.6. The van der Waals surface area contributed by atoms with E-state index in [1.807, 2.05) is 43.3 Å². The first-order valence-corrected chi connectivity index (χ1v) is 10.0. The van der Waals surface area contributed by atoms with Crippen LogP contribution >= 0.6 is 24.0 Å². The minimum atomic E-state index is -0.110. The fraction of sp³-hybridized carbons (Fsp3) is 0.364. The van der Waals surface area contributed by atoms with Crippen LogP contribution in [-0.2, 0) is 11.2 Å². The van der Waals surface area contributed by atoms with Crippen LogP contribution in [0.15, 0.2) is 47.5 Å². The highest BCUT2D eigenvalue weighted by Gasteiger charge is 2.12. The van der Waals surface area contributed by atoms with E-state index >= 15 is 0 Å². The zero-order valence-electron chi connectivity index (χ0n) is 17.8. The third kappa shape index (κ3) is 8.16. The van der Waals surface area contributed by atoms with Crippen LogP contribution in [0.3, 0.4) is 0 Å². The Morgan fingerprint density at radius 2 is 1.97 bits per heavy atom. The SMILES string of the molecule is CCNC(=NCCc1ccc2c(c1)OCO2)NCCOc1cccc(NC(C)=O)c1.I. The van der Waals surface area contributed by atoms with Crippen molar-refractivity contribution in [2.24, 2.45) is 4.99 Å². The van der Waals surface area contributed by atoms with Crippen molar-refractivity contribution in [1.29, 1.82) is 0 Å². The summed E-state index contributed by atoms with van der Waals surface area (Å²) in [5, 5.41) is 9.24. The van der Waals surface area contributed by atoms with Crippen LogP contribution in [0.25, 0.3) is 0 Å². The molecule has 0 fully saturated rings. The zero-order valence-corrected chi connectivity index (χ0v) is 20.1. The molecule has 1 heterocycles. The number of amides is 1. The topological polar surface area (TPSA) is 93.2 Å². The molecule has 0 saturated carbocycles. The van der Waals surface area contributed by atoms with Gasteiger partial charge in [0.15, 0.2) is 17.5 Å². The van der Waals surface area contributed by atoms with E-state index in [4.69, 9.17) is 14.2 Å². The zero-order chi connectivity index (χ0) is 21.2. The predicted octanol–water partition coefficient (Wildman–Crippen LogP) is 3.17. The van der Waals surface area contributed by atoms with Crippen molar-refractivity contribution in [3.8, 4) is 17.2 Å². The summed E-state index contributed by atoms with van der Waals surface area (Å²) in [4.78, 5) is 15.8. The van der Waals surface area contributed by atoms with Gasteiger partial charge in [-0.3, -0.25) is 9.79 Å². The van der Waals surface area contributed by atoms with Gasteiger partial charge in [-0.25, -0.2) is 0 Å². The van der Waals surface area contributed by atoms with E-state index in [1.165, 1.54) is 6.92 Å². The van der Waals surface area contributed by atoms with E-state index < -0.39 is 0 Å². The molecule has 0 saturated heterocycles. The Balaban J connectivity index is 0.00000341. The third-order valence-electron chi connectivity index (χ3n) is 4.27. The molecule has 168 valence electrons. The first-order valence-electron chi connectivity index (χ1n) is 10.0. The smallest absolute Gasteiger partial charge is 0.231 e. The van der Waals surface area contributed by atoms with Crippen molar-refractivity contribution >= 4 is 41.5 Å². The number of nitrogens with one attached hydrogen (secondary N) is 3. The van der Waals surface area contributed by atoms with E-state index in [0.717, 1.165) is 36.0 Å². The average molecular weight is 540 g/mol. The van der Waals surface area contributed by atoms with Crippen molar-refractivity contribution in [2.75, 3.05) is 38.4 Å².